The maximum absolute atomic E-state index is 12.6. The lowest BCUT2D eigenvalue weighted by Gasteiger charge is -2.09. The molecule has 3 aromatic carbocycles. The second-order valence-corrected chi connectivity index (χ2v) is 9.04. The van der Waals surface area contributed by atoms with Crippen molar-refractivity contribution in [1.29, 1.82) is 0 Å². The number of carbonyl (C=O) groups excluding carboxylic acids is 1. The summed E-state index contributed by atoms with van der Waals surface area (Å²) in [7, 11) is -3.76. The van der Waals surface area contributed by atoms with E-state index in [0.29, 0.717) is 5.71 Å². The summed E-state index contributed by atoms with van der Waals surface area (Å²) in [4.78, 5) is 12.5. The van der Waals surface area contributed by atoms with Crippen LogP contribution in [0.4, 0.5) is 0 Å². The first-order valence-electron chi connectivity index (χ1n) is 9.82. The average Bonchev–Trinajstić information content (AvgIpc) is 2.78. The van der Waals surface area contributed by atoms with Crippen LogP contribution in [0, 0.1) is 13.8 Å². The molecule has 6 nitrogen and oxygen atoms in total. The number of carbonyl (C=O) groups is 1. The van der Waals surface area contributed by atoms with Crippen molar-refractivity contribution in [1.82, 2.24) is 10.1 Å². The van der Waals surface area contributed by atoms with Gasteiger partial charge in [-0.3, -0.25) is 4.79 Å². The Kier molecular flexibility index (Phi) is 6.99. The second-order valence-electron chi connectivity index (χ2n) is 7.28. The van der Waals surface area contributed by atoms with Gasteiger partial charge in [-0.05, 0) is 67.3 Å². The zero-order chi connectivity index (χ0) is 22.4. The lowest BCUT2D eigenvalue weighted by molar-refractivity contribution is 0.0954. The van der Waals surface area contributed by atoms with E-state index in [0.717, 1.165) is 16.7 Å². The molecule has 0 aliphatic rings. The van der Waals surface area contributed by atoms with Crippen LogP contribution in [0.25, 0.3) is 0 Å². The number of amides is 1. The molecule has 31 heavy (non-hydrogen) atoms. The Morgan fingerprint density at radius 1 is 0.871 bits per heavy atom. The number of nitrogens with one attached hydrogen (secondary N) is 2. The van der Waals surface area contributed by atoms with Crippen molar-refractivity contribution in [3.63, 3.8) is 0 Å². The zero-order valence-corrected chi connectivity index (χ0v) is 18.5. The number of aryl methyl sites for hydroxylation is 2. The van der Waals surface area contributed by atoms with Crippen LogP contribution in [-0.2, 0) is 16.6 Å². The quantitative estimate of drug-likeness (QED) is 0.435. The first kappa shape index (κ1) is 22.4. The first-order valence-corrected chi connectivity index (χ1v) is 11.3. The summed E-state index contributed by atoms with van der Waals surface area (Å²) in [5, 5.41) is 4.16. The van der Waals surface area contributed by atoms with Crippen LogP contribution >= 0.6 is 0 Å². The molecule has 2 N–H and O–H groups in total. The number of hydrogen-bond donors (Lipinski definition) is 2. The Morgan fingerprint density at radius 3 is 2.32 bits per heavy atom. The number of sulfonamides is 1. The highest BCUT2D eigenvalue weighted by Crippen LogP contribution is 2.13. The standard InChI is InChI=1S/C24H25N3O3S/c1-17-12-13-21(14-18(17)2)19(3)26-27-24(28)22-10-7-11-23(15-22)31(29,30)25-16-20-8-5-4-6-9-20/h4-15,25H,16H2,1-3H3,(H,27,28). The van der Waals surface area contributed by atoms with Crippen LogP contribution in [0.1, 0.15) is 39.5 Å². The van der Waals surface area contributed by atoms with Crippen LogP contribution in [-0.4, -0.2) is 20.0 Å². The summed E-state index contributed by atoms with van der Waals surface area (Å²) in [5.41, 5.74) is 7.44. The Balaban J connectivity index is 1.71. The molecule has 3 aromatic rings. The van der Waals surface area contributed by atoms with E-state index < -0.39 is 15.9 Å². The van der Waals surface area contributed by atoms with Crippen molar-refractivity contribution in [2.45, 2.75) is 32.2 Å². The lowest BCUT2D eigenvalue weighted by Crippen LogP contribution is -2.24. The molecular weight excluding hydrogens is 410 g/mol. The van der Waals surface area contributed by atoms with Crippen molar-refractivity contribution in [2.24, 2.45) is 5.10 Å². The molecule has 0 atom stereocenters. The molecule has 0 bridgehead atoms. The average molecular weight is 436 g/mol. The molecule has 3 rings (SSSR count). The van der Waals surface area contributed by atoms with Crippen molar-refractivity contribution in [3.8, 4) is 0 Å². The van der Waals surface area contributed by atoms with E-state index in [1.54, 1.807) is 13.0 Å². The molecule has 0 saturated heterocycles. The summed E-state index contributed by atoms with van der Waals surface area (Å²) in [6.07, 6.45) is 0. The van der Waals surface area contributed by atoms with Gasteiger partial charge in [-0.25, -0.2) is 18.6 Å². The van der Waals surface area contributed by atoms with Gasteiger partial charge >= 0.3 is 0 Å². The van der Waals surface area contributed by atoms with Gasteiger partial charge in [0, 0.05) is 12.1 Å². The minimum Gasteiger partial charge on any atom is -0.267 e. The van der Waals surface area contributed by atoms with Gasteiger partial charge in [0.15, 0.2) is 0 Å². The van der Waals surface area contributed by atoms with E-state index in [-0.39, 0.29) is 17.0 Å². The van der Waals surface area contributed by atoms with Crippen molar-refractivity contribution in [3.05, 3.63) is 101 Å². The number of hydrazone groups is 1. The molecule has 1 amide bonds. The molecule has 0 radical (unpaired) electrons. The Hall–Kier alpha value is -3.29. The van der Waals surface area contributed by atoms with Crippen molar-refractivity contribution < 1.29 is 13.2 Å². The van der Waals surface area contributed by atoms with Gasteiger partial charge in [0.25, 0.3) is 5.91 Å². The van der Waals surface area contributed by atoms with E-state index in [9.17, 15) is 13.2 Å². The Bertz CT molecular complexity index is 1220. The molecule has 0 aromatic heterocycles. The Labute approximate surface area is 183 Å². The molecule has 0 unspecified atom stereocenters. The summed E-state index contributed by atoms with van der Waals surface area (Å²) in [6.45, 7) is 6.02. The van der Waals surface area contributed by atoms with E-state index in [2.05, 4.69) is 15.2 Å². The molecule has 0 aliphatic heterocycles. The highest BCUT2D eigenvalue weighted by Gasteiger charge is 2.16. The van der Waals surface area contributed by atoms with Crippen LogP contribution in [0.2, 0.25) is 0 Å². The topological polar surface area (TPSA) is 87.6 Å². The molecule has 0 aliphatic carbocycles. The van der Waals surface area contributed by atoms with Crippen LogP contribution in [0.3, 0.4) is 0 Å². The van der Waals surface area contributed by atoms with Gasteiger partial charge in [0.05, 0.1) is 10.6 Å². The molecule has 0 fully saturated rings. The fourth-order valence-corrected chi connectivity index (χ4v) is 3.96. The normalized spacial score (nSPS) is 11.9. The zero-order valence-electron chi connectivity index (χ0n) is 17.7. The highest BCUT2D eigenvalue weighted by molar-refractivity contribution is 7.89. The van der Waals surface area contributed by atoms with E-state index in [4.69, 9.17) is 0 Å². The molecule has 0 heterocycles. The number of benzene rings is 3. The fraction of sp³-hybridized carbons (Fsp3) is 0.167. The van der Waals surface area contributed by atoms with Crippen LogP contribution < -0.4 is 10.1 Å². The summed E-state index contributed by atoms with van der Waals surface area (Å²) in [5.74, 6) is -0.483. The van der Waals surface area contributed by atoms with Crippen molar-refractivity contribution >= 4 is 21.6 Å². The minimum absolute atomic E-state index is 0.0194. The number of nitrogens with zero attached hydrogens (tertiary/aromatic N) is 1. The van der Waals surface area contributed by atoms with E-state index in [1.807, 2.05) is 62.4 Å². The van der Waals surface area contributed by atoms with Gasteiger partial charge in [0.1, 0.15) is 0 Å². The molecule has 0 saturated carbocycles. The molecule has 7 heteroatoms. The number of rotatable bonds is 7. The molecule has 160 valence electrons. The SMILES string of the molecule is CC(=NNC(=O)c1cccc(S(=O)(=O)NCc2ccccc2)c1)c1ccc(C)c(C)c1. The molecular formula is C24H25N3O3S. The minimum atomic E-state index is -3.76. The monoisotopic (exact) mass is 435 g/mol. The van der Waals surface area contributed by atoms with Crippen LogP contribution in [0.15, 0.2) is 82.8 Å². The van der Waals surface area contributed by atoms with E-state index >= 15 is 0 Å². The largest absolute Gasteiger partial charge is 0.271 e. The third-order valence-electron chi connectivity index (χ3n) is 4.97. The van der Waals surface area contributed by atoms with Gasteiger partial charge < -0.3 is 0 Å². The predicted octanol–water partition coefficient (Wildman–Crippen LogP) is 3.94. The van der Waals surface area contributed by atoms with Crippen molar-refractivity contribution in [2.75, 3.05) is 0 Å². The number of hydrogen-bond acceptors (Lipinski definition) is 4. The predicted molar refractivity (Wildman–Crippen MR) is 123 cm³/mol. The lowest BCUT2D eigenvalue weighted by atomic mass is 10.0. The third kappa shape index (κ3) is 5.87. The first-order chi connectivity index (χ1) is 14.8. The summed E-state index contributed by atoms with van der Waals surface area (Å²) < 4.78 is 27.8. The van der Waals surface area contributed by atoms with Gasteiger partial charge in [0.2, 0.25) is 10.0 Å². The van der Waals surface area contributed by atoms with E-state index in [1.165, 1.54) is 23.8 Å². The maximum atomic E-state index is 12.6. The molecule has 0 spiro atoms. The van der Waals surface area contributed by atoms with Gasteiger partial charge in [-0.2, -0.15) is 5.10 Å². The second kappa shape index (κ2) is 9.68. The highest BCUT2D eigenvalue weighted by atomic mass is 32.2. The summed E-state index contributed by atoms with van der Waals surface area (Å²) in [6, 6.07) is 21.0. The maximum Gasteiger partial charge on any atom is 0.271 e. The smallest absolute Gasteiger partial charge is 0.267 e. The summed E-state index contributed by atoms with van der Waals surface area (Å²) >= 11 is 0. The third-order valence-corrected chi connectivity index (χ3v) is 6.36. The Morgan fingerprint density at radius 2 is 1.61 bits per heavy atom. The van der Waals surface area contributed by atoms with Gasteiger partial charge in [-0.1, -0.05) is 48.5 Å². The van der Waals surface area contributed by atoms with Crippen LogP contribution in [0.5, 0.6) is 0 Å². The fourth-order valence-electron chi connectivity index (χ4n) is 2.89. The van der Waals surface area contributed by atoms with Gasteiger partial charge in [-0.15, -0.1) is 0 Å².